The fourth-order valence-electron chi connectivity index (χ4n) is 2.12. The van der Waals surface area contributed by atoms with Gasteiger partial charge >= 0.3 is 0 Å². The van der Waals surface area contributed by atoms with Gasteiger partial charge in [-0.15, -0.1) is 0 Å². The van der Waals surface area contributed by atoms with Crippen molar-refractivity contribution in [1.82, 2.24) is 8.01 Å². The molecule has 0 aromatic carbocycles. The van der Waals surface area contributed by atoms with Gasteiger partial charge < -0.3 is 0 Å². The summed E-state index contributed by atoms with van der Waals surface area (Å²) in [6.07, 6.45) is 4.31. The lowest BCUT2D eigenvalue weighted by molar-refractivity contribution is 0.0957. The van der Waals surface area contributed by atoms with Crippen molar-refractivity contribution in [2.45, 2.75) is 25.3 Å². The smallest absolute Gasteiger partial charge is 0.0238 e. The SMILES string of the molecule is IN1CCN2CCCCC2C1. The standard InChI is InChI=1S/C8H15IN2/c9-11-6-5-10-4-2-1-3-8(10)7-11/h8H,1-7H2. The molecule has 11 heavy (non-hydrogen) atoms. The molecule has 64 valence electrons. The van der Waals surface area contributed by atoms with E-state index in [1.807, 2.05) is 0 Å². The van der Waals surface area contributed by atoms with Gasteiger partial charge in [-0.2, -0.15) is 0 Å². The predicted molar refractivity (Wildman–Crippen MR) is 54.8 cm³/mol. The van der Waals surface area contributed by atoms with E-state index in [1.54, 1.807) is 0 Å². The Morgan fingerprint density at radius 1 is 1.09 bits per heavy atom. The molecule has 1 unspecified atom stereocenters. The largest absolute Gasteiger partial charge is 0.298 e. The van der Waals surface area contributed by atoms with Gasteiger partial charge in [0.15, 0.2) is 0 Å². The van der Waals surface area contributed by atoms with Crippen molar-refractivity contribution in [3.63, 3.8) is 0 Å². The Hall–Kier alpha value is 0.650. The summed E-state index contributed by atoms with van der Waals surface area (Å²) in [5.74, 6) is 0. The van der Waals surface area contributed by atoms with Crippen molar-refractivity contribution in [2.24, 2.45) is 0 Å². The van der Waals surface area contributed by atoms with Gasteiger partial charge in [0.1, 0.15) is 0 Å². The number of hydrogen-bond donors (Lipinski definition) is 0. The van der Waals surface area contributed by atoms with Crippen LogP contribution in [0.15, 0.2) is 0 Å². The highest BCUT2D eigenvalue weighted by Gasteiger charge is 2.27. The Kier molecular flexibility index (Phi) is 2.69. The number of hydrogen-bond acceptors (Lipinski definition) is 2. The maximum Gasteiger partial charge on any atom is 0.0238 e. The van der Waals surface area contributed by atoms with Crippen LogP contribution in [0.5, 0.6) is 0 Å². The molecule has 0 bridgehead atoms. The van der Waals surface area contributed by atoms with Gasteiger partial charge in [0.2, 0.25) is 0 Å². The molecule has 0 saturated carbocycles. The maximum absolute atomic E-state index is 2.67. The second-order valence-electron chi connectivity index (χ2n) is 3.55. The molecule has 2 rings (SSSR count). The molecule has 2 aliphatic rings. The summed E-state index contributed by atoms with van der Waals surface area (Å²) in [4.78, 5) is 2.67. The van der Waals surface area contributed by atoms with E-state index in [4.69, 9.17) is 0 Å². The zero-order valence-corrected chi connectivity index (χ0v) is 8.96. The van der Waals surface area contributed by atoms with E-state index in [0.717, 1.165) is 6.04 Å². The summed E-state index contributed by atoms with van der Waals surface area (Å²) in [6, 6.07) is 0.884. The summed E-state index contributed by atoms with van der Waals surface area (Å²) in [5, 5.41) is 0. The van der Waals surface area contributed by atoms with Crippen LogP contribution in [0.4, 0.5) is 0 Å². The van der Waals surface area contributed by atoms with Gasteiger partial charge in [-0.25, -0.2) is 3.11 Å². The van der Waals surface area contributed by atoms with Crippen LogP contribution >= 0.6 is 22.9 Å². The highest BCUT2D eigenvalue weighted by Crippen LogP contribution is 2.22. The highest BCUT2D eigenvalue weighted by molar-refractivity contribution is 14.1. The summed E-state index contributed by atoms with van der Waals surface area (Å²) in [6.45, 7) is 5.21. The first-order valence-corrected chi connectivity index (χ1v) is 5.47. The Morgan fingerprint density at radius 3 is 2.91 bits per heavy atom. The lowest BCUT2D eigenvalue weighted by atomic mass is 10.0. The molecular weight excluding hydrogens is 251 g/mol. The van der Waals surface area contributed by atoms with E-state index in [-0.39, 0.29) is 0 Å². The third-order valence-electron chi connectivity index (χ3n) is 2.79. The van der Waals surface area contributed by atoms with Gasteiger partial charge in [-0.3, -0.25) is 4.90 Å². The van der Waals surface area contributed by atoms with Crippen molar-refractivity contribution < 1.29 is 0 Å². The van der Waals surface area contributed by atoms with Crippen molar-refractivity contribution >= 4 is 22.9 Å². The zero-order valence-electron chi connectivity index (χ0n) is 6.80. The minimum Gasteiger partial charge on any atom is -0.298 e. The molecule has 1 atom stereocenters. The van der Waals surface area contributed by atoms with Crippen molar-refractivity contribution in [1.29, 1.82) is 0 Å². The van der Waals surface area contributed by atoms with Gasteiger partial charge in [-0.05, 0) is 19.4 Å². The Labute approximate surface area is 82.4 Å². The summed E-state index contributed by atoms with van der Waals surface area (Å²) >= 11 is 2.45. The van der Waals surface area contributed by atoms with Crippen molar-refractivity contribution in [2.75, 3.05) is 26.2 Å². The van der Waals surface area contributed by atoms with Crippen LogP contribution < -0.4 is 0 Å². The first-order chi connectivity index (χ1) is 5.36. The normalized spacial score (nSPS) is 35.2. The van der Waals surface area contributed by atoms with Crippen molar-refractivity contribution in [3.05, 3.63) is 0 Å². The molecule has 2 saturated heterocycles. The number of fused-ring (bicyclic) bond motifs is 1. The van der Waals surface area contributed by atoms with E-state index < -0.39 is 0 Å². The van der Waals surface area contributed by atoms with Crippen LogP contribution in [0.25, 0.3) is 0 Å². The predicted octanol–water partition coefficient (Wildman–Crippen LogP) is 1.51. The minimum absolute atomic E-state index is 0.884. The van der Waals surface area contributed by atoms with Crippen LogP contribution in [0, 0.1) is 0 Å². The van der Waals surface area contributed by atoms with Crippen LogP contribution in [0.2, 0.25) is 0 Å². The molecule has 0 spiro atoms. The van der Waals surface area contributed by atoms with Crippen LogP contribution in [-0.2, 0) is 0 Å². The molecular formula is C8H15IN2. The summed E-state index contributed by atoms with van der Waals surface area (Å²) < 4.78 is 2.43. The van der Waals surface area contributed by atoms with Gasteiger partial charge in [0.25, 0.3) is 0 Å². The number of nitrogens with zero attached hydrogens (tertiary/aromatic N) is 2. The third-order valence-corrected chi connectivity index (χ3v) is 3.66. The Balaban J connectivity index is 1.93. The first kappa shape index (κ1) is 8.26. The van der Waals surface area contributed by atoms with Crippen LogP contribution in [0.3, 0.4) is 0 Å². The topological polar surface area (TPSA) is 6.48 Å². The summed E-state index contributed by atoms with van der Waals surface area (Å²) in [5.41, 5.74) is 0. The maximum atomic E-state index is 2.67. The lowest BCUT2D eigenvalue weighted by Gasteiger charge is -2.41. The molecule has 2 nitrogen and oxygen atoms in total. The second kappa shape index (κ2) is 3.58. The Morgan fingerprint density at radius 2 is 2.00 bits per heavy atom. The van der Waals surface area contributed by atoms with E-state index in [9.17, 15) is 0 Å². The minimum atomic E-state index is 0.884. The third kappa shape index (κ3) is 1.87. The fourth-order valence-corrected chi connectivity index (χ4v) is 2.79. The van der Waals surface area contributed by atoms with E-state index in [1.165, 1.54) is 45.4 Å². The Bertz CT molecular complexity index is 140. The van der Waals surface area contributed by atoms with Crippen LogP contribution in [0.1, 0.15) is 19.3 Å². The molecule has 0 aromatic heterocycles. The van der Waals surface area contributed by atoms with Gasteiger partial charge in [0, 0.05) is 48.5 Å². The lowest BCUT2D eigenvalue weighted by Crippen LogP contribution is -2.51. The molecule has 3 heteroatoms. The van der Waals surface area contributed by atoms with Crippen molar-refractivity contribution in [3.8, 4) is 0 Å². The number of piperazine rings is 1. The number of halogens is 1. The van der Waals surface area contributed by atoms with Gasteiger partial charge in [-0.1, -0.05) is 6.42 Å². The molecule has 0 aromatic rings. The molecule has 0 amide bonds. The number of piperidine rings is 1. The second-order valence-corrected chi connectivity index (χ2v) is 4.92. The van der Waals surface area contributed by atoms with E-state index in [0.29, 0.717) is 0 Å². The molecule has 2 fully saturated rings. The first-order valence-electron chi connectivity index (χ1n) is 4.51. The van der Waals surface area contributed by atoms with E-state index >= 15 is 0 Å². The van der Waals surface area contributed by atoms with E-state index in [2.05, 4.69) is 30.9 Å². The van der Waals surface area contributed by atoms with Gasteiger partial charge in [0.05, 0.1) is 0 Å². The molecule has 2 heterocycles. The van der Waals surface area contributed by atoms with Crippen LogP contribution in [-0.4, -0.2) is 40.2 Å². The monoisotopic (exact) mass is 266 g/mol. The molecule has 0 radical (unpaired) electrons. The average molecular weight is 266 g/mol. The quantitative estimate of drug-likeness (QED) is 0.484. The molecule has 0 N–H and O–H groups in total. The average Bonchev–Trinajstić information content (AvgIpc) is 2.04. The number of rotatable bonds is 0. The summed E-state index contributed by atoms with van der Waals surface area (Å²) in [7, 11) is 0. The zero-order chi connectivity index (χ0) is 7.68. The molecule has 2 aliphatic heterocycles. The molecule has 0 aliphatic carbocycles. The fraction of sp³-hybridized carbons (Fsp3) is 1.00. The highest BCUT2D eigenvalue weighted by atomic mass is 127.